The van der Waals surface area contributed by atoms with E-state index in [1.807, 2.05) is 0 Å². The highest BCUT2D eigenvalue weighted by molar-refractivity contribution is 7.11. The molecule has 1 atom stereocenters. The van der Waals surface area contributed by atoms with Crippen LogP contribution in [0.4, 0.5) is 0 Å². The number of likely N-dealkylation sites (N-methyl/N-ethyl adjacent to an activating group) is 1. The Labute approximate surface area is 82.3 Å². The molecule has 2 heterocycles. The van der Waals surface area contributed by atoms with Crippen LogP contribution in [0.25, 0.3) is 0 Å². The second kappa shape index (κ2) is 3.64. The first-order chi connectivity index (χ1) is 6.29. The van der Waals surface area contributed by atoms with Crippen molar-refractivity contribution in [3.05, 3.63) is 11.1 Å². The largest absolute Gasteiger partial charge is 0.473 e. The molecule has 1 aliphatic heterocycles. The highest BCUT2D eigenvalue weighted by Crippen LogP contribution is 2.29. The summed E-state index contributed by atoms with van der Waals surface area (Å²) in [6.07, 6.45) is 1.23. The van der Waals surface area contributed by atoms with Crippen LogP contribution in [-0.4, -0.2) is 37.1 Å². The van der Waals surface area contributed by atoms with Gasteiger partial charge in [-0.3, -0.25) is 0 Å². The Kier molecular flexibility index (Phi) is 2.51. The fourth-order valence-corrected chi connectivity index (χ4v) is 2.45. The average Bonchev–Trinajstić information content (AvgIpc) is 2.71. The van der Waals surface area contributed by atoms with Crippen molar-refractivity contribution in [2.75, 3.05) is 27.2 Å². The van der Waals surface area contributed by atoms with Crippen molar-refractivity contribution in [3.8, 4) is 5.19 Å². The molecule has 0 amide bonds. The molecule has 4 heteroatoms. The minimum atomic E-state index is 0.616. The van der Waals surface area contributed by atoms with E-state index in [-0.39, 0.29) is 0 Å². The van der Waals surface area contributed by atoms with E-state index in [4.69, 9.17) is 4.74 Å². The van der Waals surface area contributed by atoms with Gasteiger partial charge in [0, 0.05) is 17.8 Å². The number of rotatable bonds is 2. The summed E-state index contributed by atoms with van der Waals surface area (Å²) >= 11 is 1.59. The molecule has 1 fully saturated rings. The minimum absolute atomic E-state index is 0.616. The Balaban J connectivity index is 2.08. The van der Waals surface area contributed by atoms with Gasteiger partial charge in [-0.15, -0.1) is 0 Å². The van der Waals surface area contributed by atoms with Crippen molar-refractivity contribution < 1.29 is 4.74 Å². The van der Waals surface area contributed by atoms with Gasteiger partial charge in [0.05, 0.1) is 12.8 Å². The molecule has 0 aliphatic carbocycles. The molecule has 3 nitrogen and oxygen atoms in total. The lowest BCUT2D eigenvalue weighted by atomic mass is 10.1. The molecule has 1 aromatic heterocycles. The maximum Gasteiger partial charge on any atom is 0.273 e. The monoisotopic (exact) mass is 198 g/mol. The standard InChI is InChI=1S/C9H14N2OS/c1-11-4-3-7(5-11)8-6-13-9(10-8)12-2/h6-7H,3-5H2,1-2H3. The molecule has 0 saturated carbocycles. The highest BCUT2D eigenvalue weighted by Gasteiger charge is 2.23. The maximum absolute atomic E-state index is 5.08. The maximum atomic E-state index is 5.08. The van der Waals surface area contributed by atoms with Crippen molar-refractivity contribution in [2.24, 2.45) is 0 Å². The Morgan fingerprint density at radius 3 is 3.08 bits per heavy atom. The van der Waals surface area contributed by atoms with Gasteiger partial charge in [0.1, 0.15) is 0 Å². The van der Waals surface area contributed by atoms with Gasteiger partial charge in [0.15, 0.2) is 0 Å². The van der Waals surface area contributed by atoms with Crippen LogP contribution in [0.2, 0.25) is 0 Å². The molecule has 72 valence electrons. The second-order valence-electron chi connectivity index (χ2n) is 3.49. The average molecular weight is 198 g/mol. The first-order valence-corrected chi connectivity index (χ1v) is 5.35. The second-order valence-corrected chi connectivity index (χ2v) is 4.31. The molecule has 0 bridgehead atoms. The van der Waals surface area contributed by atoms with Crippen LogP contribution < -0.4 is 4.74 Å². The van der Waals surface area contributed by atoms with Crippen LogP contribution in [0.1, 0.15) is 18.0 Å². The van der Waals surface area contributed by atoms with Crippen molar-refractivity contribution in [2.45, 2.75) is 12.3 Å². The number of ether oxygens (including phenoxy) is 1. The van der Waals surface area contributed by atoms with Gasteiger partial charge >= 0.3 is 0 Å². The summed E-state index contributed by atoms with van der Waals surface area (Å²) in [5, 5.41) is 2.90. The summed E-state index contributed by atoms with van der Waals surface area (Å²) in [7, 11) is 3.83. The lowest BCUT2D eigenvalue weighted by Gasteiger charge is -2.06. The molecule has 2 rings (SSSR count). The Morgan fingerprint density at radius 2 is 2.54 bits per heavy atom. The van der Waals surface area contributed by atoms with Crippen LogP contribution in [0, 0.1) is 0 Å². The zero-order valence-electron chi connectivity index (χ0n) is 7.99. The van der Waals surface area contributed by atoms with E-state index in [2.05, 4.69) is 22.3 Å². The fourth-order valence-electron chi connectivity index (χ4n) is 1.73. The van der Waals surface area contributed by atoms with Gasteiger partial charge in [-0.2, -0.15) is 0 Å². The van der Waals surface area contributed by atoms with Crippen molar-refractivity contribution in [1.29, 1.82) is 0 Å². The van der Waals surface area contributed by atoms with Crippen molar-refractivity contribution in [1.82, 2.24) is 9.88 Å². The molecule has 13 heavy (non-hydrogen) atoms. The van der Waals surface area contributed by atoms with Gasteiger partial charge in [-0.05, 0) is 20.0 Å². The third-order valence-electron chi connectivity index (χ3n) is 2.49. The summed E-state index contributed by atoms with van der Waals surface area (Å²) in [6.45, 7) is 2.32. The van der Waals surface area contributed by atoms with Crippen LogP contribution in [0.3, 0.4) is 0 Å². The van der Waals surface area contributed by atoms with Gasteiger partial charge in [-0.25, -0.2) is 4.98 Å². The van der Waals surface area contributed by atoms with Gasteiger partial charge in [-0.1, -0.05) is 11.3 Å². The molecule has 1 aliphatic rings. The van der Waals surface area contributed by atoms with E-state index in [1.165, 1.54) is 18.7 Å². The summed E-state index contributed by atoms with van der Waals surface area (Å²) < 4.78 is 5.08. The smallest absolute Gasteiger partial charge is 0.273 e. The fraction of sp³-hybridized carbons (Fsp3) is 0.667. The predicted octanol–water partition coefficient (Wildman–Crippen LogP) is 1.57. The van der Waals surface area contributed by atoms with E-state index in [9.17, 15) is 0 Å². The number of nitrogens with zero attached hydrogens (tertiary/aromatic N) is 2. The van der Waals surface area contributed by atoms with Crippen molar-refractivity contribution >= 4 is 11.3 Å². The van der Waals surface area contributed by atoms with Crippen LogP contribution in [-0.2, 0) is 0 Å². The normalized spacial score (nSPS) is 23.7. The number of hydrogen-bond acceptors (Lipinski definition) is 4. The van der Waals surface area contributed by atoms with Crippen molar-refractivity contribution in [3.63, 3.8) is 0 Å². The molecule has 1 aromatic rings. The van der Waals surface area contributed by atoms with E-state index in [0.29, 0.717) is 5.92 Å². The highest BCUT2D eigenvalue weighted by atomic mass is 32.1. The summed E-state index contributed by atoms with van der Waals surface area (Å²) in [6, 6.07) is 0. The van der Waals surface area contributed by atoms with E-state index >= 15 is 0 Å². The lowest BCUT2D eigenvalue weighted by Crippen LogP contribution is -2.13. The summed E-state index contributed by atoms with van der Waals surface area (Å²) in [4.78, 5) is 6.76. The number of thiazole rings is 1. The molecular weight excluding hydrogens is 184 g/mol. The predicted molar refractivity (Wildman–Crippen MR) is 53.5 cm³/mol. The quantitative estimate of drug-likeness (QED) is 0.721. The topological polar surface area (TPSA) is 25.4 Å². The van der Waals surface area contributed by atoms with E-state index in [1.54, 1.807) is 18.4 Å². The SMILES string of the molecule is COc1nc(C2CCN(C)C2)cs1. The van der Waals surface area contributed by atoms with Crippen LogP contribution in [0.15, 0.2) is 5.38 Å². The van der Waals surface area contributed by atoms with Gasteiger partial charge in [0.2, 0.25) is 0 Å². The summed E-state index contributed by atoms with van der Waals surface area (Å²) in [5.41, 5.74) is 1.20. The first-order valence-electron chi connectivity index (χ1n) is 4.47. The van der Waals surface area contributed by atoms with Crippen LogP contribution in [0.5, 0.6) is 5.19 Å². The lowest BCUT2D eigenvalue weighted by molar-refractivity contribution is 0.403. The number of aromatic nitrogens is 1. The Hall–Kier alpha value is -0.610. The molecule has 0 aromatic carbocycles. The number of methoxy groups -OCH3 is 1. The van der Waals surface area contributed by atoms with Gasteiger partial charge < -0.3 is 9.64 Å². The third kappa shape index (κ3) is 1.84. The zero-order valence-corrected chi connectivity index (χ0v) is 8.80. The Morgan fingerprint density at radius 1 is 1.69 bits per heavy atom. The Bertz CT molecular complexity index is 287. The van der Waals surface area contributed by atoms with Gasteiger partial charge in [0.25, 0.3) is 5.19 Å². The molecule has 1 unspecified atom stereocenters. The van der Waals surface area contributed by atoms with E-state index < -0.39 is 0 Å². The zero-order chi connectivity index (χ0) is 9.26. The molecule has 0 N–H and O–H groups in total. The molecule has 1 saturated heterocycles. The molecule has 0 radical (unpaired) electrons. The number of likely N-dealkylation sites (tertiary alicyclic amines) is 1. The number of hydrogen-bond donors (Lipinski definition) is 0. The molecular formula is C9H14N2OS. The summed E-state index contributed by atoms with van der Waals surface area (Å²) in [5.74, 6) is 0.616. The minimum Gasteiger partial charge on any atom is -0.473 e. The van der Waals surface area contributed by atoms with E-state index in [0.717, 1.165) is 11.7 Å². The molecule has 0 spiro atoms. The van der Waals surface area contributed by atoms with Crippen LogP contribution >= 0.6 is 11.3 Å². The first kappa shape index (κ1) is 8.97. The third-order valence-corrected chi connectivity index (χ3v) is 3.30.